The van der Waals surface area contributed by atoms with Crippen LogP contribution >= 0.6 is 0 Å². The number of nitrogens with zero attached hydrogens (tertiary/aromatic N) is 2. The molecule has 1 amide bonds. The number of morpholine rings is 1. The maximum Gasteiger partial charge on any atom is 0.416 e. The summed E-state index contributed by atoms with van der Waals surface area (Å²) in [4.78, 5) is 19.4. The Morgan fingerprint density at radius 1 is 1.19 bits per heavy atom. The predicted octanol–water partition coefficient (Wildman–Crippen LogP) is 5.57. The molecule has 1 aliphatic heterocycles. The average Bonchev–Trinajstić information content (AvgIpc) is 2.90. The summed E-state index contributed by atoms with van der Waals surface area (Å²) in [6.07, 6.45) is 2.96. The molecule has 1 fully saturated rings. The van der Waals surface area contributed by atoms with Crippen LogP contribution in [0.2, 0.25) is 0 Å². The summed E-state index contributed by atoms with van der Waals surface area (Å²) in [5, 5.41) is 2.70. The standard InChI is InChI=1S/C28H26F3N3O3/c1-3-4-12-37-27-25(34-10-13-36-14-11-34)16-21(18-32-27)24-17-23(9-8-19(24)2)33-26(35)20-6-5-7-22(15-20)28(29,30)31/h1,5-9,15-18H,4,10-14H2,2H3,(H,33,35). The third-order valence-electron chi connectivity index (χ3n) is 5.93. The number of ether oxygens (including phenoxy) is 2. The van der Waals surface area contributed by atoms with Crippen molar-refractivity contribution in [3.8, 4) is 29.4 Å². The fourth-order valence-corrected chi connectivity index (χ4v) is 3.99. The van der Waals surface area contributed by atoms with E-state index >= 15 is 0 Å². The minimum atomic E-state index is -4.53. The number of anilines is 2. The molecular weight excluding hydrogens is 483 g/mol. The number of pyridine rings is 1. The van der Waals surface area contributed by atoms with E-state index < -0.39 is 17.6 Å². The lowest BCUT2D eigenvalue weighted by Gasteiger charge is -2.30. The van der Waals surface area contributed by atoms with E-state index in [0.717, 1.165) is 34.5 Å². The third kappa shape index (κ3) is 6.40. The first kappa shape index (κ1) is 26.0. The number of hydrogen-bond acceptors (Lipinski definition) is 5. The summed E-state index contributed by atoms with van der Waals surface area (Å²) in [7, 11) is 0. The van der Waals surface area contributed by atoms with E-state index in [2.05, 4.69) is 21.1 Å². The number of terminal acetylenes is 1. The van der Waals surface area contributed by atoms with Gasteiger partial charge < -0.3 is 19.7 Å². The molecule has 9 heteroatoms. The Morgan fingerprint density at radius 2 is 1.97 bits per heavy atom. The summed E-state index contributed by atoms with van der Waals surface area (Å²) in [5.41, 5.74) is 2.86. The van der Waals surface area contributed by atoms with E-state index in [1.54, 1.807) is 18.3 Å². The minimum Gasteiger partial charge on any atom is -0.475 e. The van der Waals surface area contributed by atoms with E-state index in [-0.39, 0.29) is 5.56 Å². The highest BCUT2D eigenvalue weighted by molar-refractivity contribution is 6.04. The van der Waals surface area contributed by atoms with Crippen LogP contribution in [0.15, 0.2) is 54.7 Å². The summed E-state index contributed by atoms with van der Waals surface area (Å²) < 4.78 is 50.5. The Balaban J connectivity index is 1.62. The van der Waals surface area contributed by atoms with Crippen molar-refractivity contribution in [2.24, 2.45) is 0 Å². The van der Waals surface area contributed by atoms with Gasteiger partial charge >= 0.3 is 6.18 Å². The van der Waals surface area contributed by atoms with Gasteiger partial charge in [-0.15, -0.1) is 12.3 Å². The minimum absolute atomic E-state index is 0.0818. The molecule has 0 spiro atoms. The molecule has 4 rings (SSSR count). The summed E-state index contributed by atoms with van der Waals surface area (Å²) >= 11 is 0. The quantitative estimate of drug-likeness (QED) is 0.334. The van der Waals surface area contributed by atoms with E-state index in [4.69, 9.17) is 15.9 Å². The van der Waals surface area contributed by atoms with Crippen LogP contribution in [0.5, 0.6) is 5.88 Å². The fraction of sp³-hybridized carbons (Fsp3) is 0.286. The van der Waals surface area contributed by atoms with Gasteiger partial charge in [-0.1, -0.05) is 12.1 Å². The molecule has 192 valence electrons. The number of nitrogens with one attached hydrogen (secondary N) is 1. The molecule has 37 heavy (non-hydrogen) atoms. The molecule has 0 atom stereocenters. The molecule has 6 nitrogen and oxygen atoms in total. The number of alkyl halides is 3. The molecule has 1 aliphatic rings. The van der Waals surface area contributed by atoms with Gasteiger partial charge in [-0.2, -0.15) is 13.2 Å². The highest BCUT2D eigenvalue weighted by Gasteiger charge is 2.31. The second kappa shape index (κ2) is 11.4. The number of aromatic nitrogens is 1. The van der Waals surface area contributed by atoms with Crippen LogP contribution in [-0.4, -0.2) is 43.8 Å². The highest BCUT2D eigenvalue weighted by atomic mass is 19.4. The van der Waals surface area contributed by atoms with Gasteiger partial charge in [0.05, 0.1) is 18.8 Å². The zero-order valence-corrected chi connectivity index (χ0v) is 20.3. The van der Waals surface area contributed by atoms with Crippen molar-refractivity contribution >= 4 is 17.3 Å². The number of aryl methyl sites for hydroxylation is 1. The van der Waals surface area contributed by atoms with Gasteiger partial charge in [-0.05, 0) is 54.4 Å². The van der Waals surface area contributed by atoms with Gasteiger partial charge in [0.15, 0.2) is 0 Å². The highest BCUT2D eigenvalue weighted by Crippen LogP contribution is 2.35. The molecule has 0 unspecified atom stereocenters. The Labute approximate surface area is 213 Å². The maximum atomic E-state index is 13.1. The van der Waals surface area contributed by atoms with Crippen LogP contribution < -0.4 is 15.0 Å². The number of rotatable bonds is 7. The van der Waals surface area contributed by atoms with E-state index in [0.29, 0.717) is 50.9 Å². The molecule has 1 saturated heterocycles. The normalized spacial score (nSPS) is 13.6. The van der Waals surface area contributed by atoms with Crippen molar-refractivity contribution in [3.63, 3.8) is 0 Å². The fourth-order valence-electron chi connectivity index (χ4n) is 3.99. The van der Waals surface area contributed by atoms with E-state index in [9.17, 15) is 18.0 Å². The monoisotopic (exact) mass is 509 g/mol. The van der Waals surface area contributed by atoms with Crippen LogP contribution in [0.3, 0.4) is 0 Å². The molecule has 0 saturated carbocycles. The molecule has 0 bridgehead atoms. The second-order valence-corrected chi connectivity index (χ2v) is 8.51. The van der Waals surface area contributed by atoms with Crippen molar-refractivity contribution in [3.05, 3.63) is 71.4 Å². The first-order valence-electron chi connectivity index (χ1n) is 11.7. The van der Waals surface area contributed by atoms with Gasteiger partial charge in [0.25, 0.3) is 5.91 Å². The summed E-state index contributed by atoms with van der Waals surface area (Å²) in [6.45, 7) is 4.81. The van der Waals surface area contributed by atoms with Gasteiger partial charge in [-0.25, -0.2) is 4.98 Å². The van der Waals surface area contributed by atoms with Crippen molar-refractivity contribution in [2.45, 2.75) is 19.5 Å². The van der Waals surface area contributed by atoms with Crippen molar-refractivity contribution < 1.29 is 27.4 Å². The van der Waals surface area contributed by atoms with Crippen LogP contribution in [0.25, 0.3) is 11.1 Å². The third-order valence-corrected chi connectivity index (χ3v) is 5.93. The molecule has 0 aliphatic carbocycles. The van der Waals surface area contributed by atoms with Crippen LogP contribution in [0.1, 0.15) is 27.9 Å². The van der Waals surface area contributed by atoms with Gasteiger partial charge in [-0.3, -0.25) is 4.79 Å². The number of benzene rings is 2. The molecule has 3 aromatic rings. The smallest absolute Gasteiger partial charge is 0.416 e. The van der Waals surface area contributed by atoms with Crippen molar-refractivity contribution in [2.75, 3.05) is 43.1 Å². The Morgan fingerprint density at radius 3 is 2.70 bits per heavy atom. The Hall–Kier alpha value is -4.03. The lowest BCUT2D eigenvalue weighted by Crippen LogP contribution is -2.36. The van der Waals surface area contributed by atoms with Gasteiger partial charge in [0.2, 0.25) is 5.88 Å². The Kier molecular flexibility index (Phi) is 7.99. The van der Waals surface area contributed by atoms with Gasteiger partial charge in [0, 0.05) is 42.5 Å². The lowest BCUT2D eigenvalue weighted by molar-refractivity contribution is -0.137. The number of carbonyl (C=O) groups is 1. The molecular formula is C28H26F3N3O3. The largest absolute Gasteiger partial charge is 0.475 e. The first-order chi connectivity index (χ1) is 17.8. The molecule has 2 aromatic carbocycles. The average molecular weight is 510 g/mol. The number of hydrogen-bond donors (Lipinski definition) is 1. The summed E-state index contributed by atoms with van der Waals surface area (Å²) in [6, 6.07) is 11.6. The van der Waals surface area contributed by atoms with Crippen molar-refractivity contribution in [1.29, 1.82) is 0 Å². The van der Waals surface area contributed by atoms with Gasteiger partial charge in [0.1, 0.15) is 12.3 Å². The number of halogens is 3. The first-order valence-corrected chi connectivity index (χ1v) is 11.7. The molecule has 0 radical (unpaired) electrons. The molecule has 1 aromatic heterocycles. The summed E-state index contributed by atoms with van der Waals surface area (Å²) in [5.74, 6) is 2.39. The zero-order valence-electron chi connectivity index (χ0n) is 20.3. The topological polar surface area (TPSA) is 63.7 Å². The lowest BCUT2D eigenvalue weighted by atomic mass is 10.0. The number of amides is 1. The molecule has 1 N–H and O–H groups in total. The van der Waals surface area contributed by atoms with E-state index in [1.807, 2.05) is 19.1 Å². The zero-order chi connectivity index (χ0) is 26.4. The van der Waals surface area contributed by atoms with Crippen molar-refractivity contribution in [1.82, 2.24) is 4.98 Å². The van der Waals surface area contributed by atoms with E-state index in [1.165, 1.54) is 12.1 Å². The predicted molar refractivity (Wildman–Crippen MR) is 136 cm³/mol. The van der Waals surface area contributed by atoms with Crippen LogP contribution in [0.4, 0.5) is 24.5 Å². The number of carbonyl (C=O) groups excluding carboxylic acids is 1. The Bertz CT molecular complexity index is 1310. The second-order valence-electron chi connectivity index (χ2n) is 8.51. The molecule has 2 heterocycles. The SMILES string of the molecule is C#CCCOc1ncc(-c2cc(NC(=O)c3cccc(C(F)(F)F)c3)ccc2C)cc1N1CCOCC1. The van der Waals surface area contributed by atoms with Crippen LogP contribution in [0, 0.1) is 19.3 Å². The van der Waals surface area contributed by atoms with Crippen LogP contribution in [-0.2, 0) is 10.9 Å². The maximum absolute atomic E-state index is 13.1.